The number of ether oxygens (including phenoxy) is 1. The van der Waals surface area contributed by atoms with Gasteiger partial charge < -0.3 is 9.84 Å². The first-order valence-corrected chi connectivity index (χ1v) is 4.92. The Kier molecular flexibility index (Phi) is 3.53. The summed E-state index contributed by atoms with van der Waals surface area (Å²) in [5, 5.41) is 9.87. The van der Waals surface area contributed by atoms with E-state index in [0.29, 0.717) is 6.61 Å². The van der Waals surface area contributed by atoms with Gasteiger partial charge in [0, 0.05) is 7.11 Å². The lowest BCUT2D eigenvalue weighted by atomic mass is 9.78. The average molecular weight is 172 g/mol. The third kappa shape index (κ3) is 1.80. The fraction of sp³-hybridized carbons (Fsp3) is 1.00. The topological polar surface area (TPSA) is 29.5 Å². The number of methoxy groups -OCH3 is 1. The second-order valence-corrected chi connectivity index (χ2v) is 3.89. The van der Waals surface area contributed by atoms with E-state index in [1.807, 2.05) is 0 Å². The monoisotopic (exact) mass is 172 g/mol. The van der Waals surface area contributed by atoms with Crippen LogP contribution < -0.4 is 0 Å². The third-order valence-corrected chi connectivity index (χ3v) is 3.33. The highest BCUT2D eigenvalue weighted by molar-refractivity contribution is 4.89. The molecule has 2 heteroatoms. The predicted octanol–water partition coefficient (Wildman–Crippen LogP) is 1.96. The Bertz CT molecular complexity index is 128. The van der Waals surface area contributed by atoms with E-state index in [9.17, 15) is 5.11 Å². The second-order valence-electron chi connectivity index (χ2n) is 3.89. The van der Waals surface area contributed by atoms with Gasteiger partial charge in [0.2, 0.25) is 0 Å². The highest BCUT2D eigenvalue weighted by Crippen LogP contribution is 2.43. The largest absolute Gasteiger partial charge is 0.390 e. The standard InChI is InChI=1S/C10H20O2/c1-3-10(6-4-5-7-10)9(11)8-12-2/h9,11H,3-8H2,1-2H3. The van der Waals surface area contributed by atoms with Gasteiger partial charge in [0.1, 0.15) is 0 Å². The van der Waals surface area contributed by atoms with Crippen LogP contribution in [0.2, 0.25) is 0 Å². The van der Waals surface area contributed by atoms with Gasteiger partial charge in [-0.15, -0.1) is 0 Å². The van der Waals surface area contributed by atoms with Crippen molar-refractivity contribution >= 4 is 0 Å². The SMILES string of the molecule is CCC1(C(O)COC)CCCC1. The summed E-state index contributed by atoms with van der Waals surface area (Å²) < 4.78 is 4.99. The van der Waals surface area contributed by atoms with Crippen LogP contribution in [0.25, 0.3) is 0 Å². The van der Waals surface area contributed by atoms with E-state index in [1.165, 1.54) is 25.7 Å². The van der Waals surface area contributed by atoms with Gasteiger partial charge >= 0.3 is 0 Å². The maximum Gasteiger partial charge on any atom is 0.0829 e. The maximum absolute atomic E-state index is 9.87. The van der Waals surface area contributed by atoms with Crippen LogP contribution in [0, 0.1) is 5.41 Å². The molecule has 0 saturated heterocycles. The van der Waals surface area contributed by atoms with Gasteiger partial charge in [0.15, 0.2) is 0 Å². The van der Waals surface area contributed by atoms with E-state index in [0.717, 1.165) is 6.42 Å². The van der Waals surface area contributed by atoms with Crippen LogP contribution in [0.3, 0.4) is 0 Å². The molecule has 1 aliphatic carbocycles. The first-order chi connectivity index (χ1) is 5.75. The van der Waals surface area contributed by atoms with Crippen LogP contribution in [0.4, 0.5) is 0 Å². The molecule has 0 aromatic rings. The molecule has 0 heterocycles. The van der Waals surface area contributed by atoms with Gasteiger partial charge in [-0.05, 0) is 24.7 Å². The van der Waals surface area contributed by atoms with Gasteiger partial charge in [-0.3, -0.25) is 0 Å². The number of aliphatic hydroxyl groups excluding tert-OH is 1. The van der Waals surface area contributed by atoms with Crippen LogP contribution >= 0.6 is 0 Å². The molecule has 0 aromatic carbocycles. The summed E-state index contributed by atoms with van der Waals surface area (Å²) in [5.74, 6) is 0. The average Bonchev–Trinajstić information content (AvgIpc) is 2.54. The van der Waals surface area contributed by atoms with Gasteiger partial charge in [-0.1, -0.05) is 19.8 Å². The molecule has 1 saturated carbocycles. The predicted molar refractivity (Wildman–Crippen MR) is 49.1 cm³/mol. The summed E-state index contributed by atoms with van der Waals surface area (Å²) in [6, 6.07) is 0. The van der Waals surface area contributed by atoms with Crippen molar-refractivity contribution in [3.8, 4) is 0 Å². The summed E-state index contributed by atoms with van der Waals surface area (Å²) in [6.07, 6.45) is 5.72. The summed E-state index contributed by atoms with van der Waals surface area (Å²) in [4.78, 5) is 0. The van der Waals surface area contributed by atoms with Crippen molar-refractivity contribution in [1.29, 1.82) is 0 Å². The van der Waals surface area contributed by atoms with Crippen molar-refractivity contribution in [2.24, 2.45) is 5.41 Å². The molecule has 0 bridgehead atoms. The van der Waals surface area contributed by atoms with Gasteiger partial charge in [0.05, 0.1) is 12.7 Å². The van der Waals surface area contributed by atoms with Crippen molar-refractivity contribution in [2.45, 2.75) is 45.1 Å². The first-order valence-electron chi connectivity index (χ1n) is 4.92. The van der Waals surface area contributed by atoms with Crippen molar-refractivity contribution in [3.63, 3.8) is 0 Å². The Balaban J connectivity index is 2.52. The van der Waals surface area contributed by atoms with E-state index in [2.05, 4.69) is 6.92 Å². The fourth-order valence-corrected chi connectivity index (χ4v) is 2.34. The number of aliphatic hydroxyl groups is 1. The maximum atomic E-state index is 9.87. The van der Waals surface area contributed by atoms with E-state index in [-0.39, 0.29) is 11.5 Å². The zero-order chi connectivity index (χ0) is 9.03. The van der Waals surface area contributed by atoms with Crippen molar-refractivity contribution in [3.05, 3.63) is 0 Å². The van der Waals surface area contributed by atoms with Crippen LogP contribution in [0.5, 0.6) is 0 Å². The van der Waals surface area contributed by atoms with Crippen LogP contribution in [-0.2, 0) is 4.74 Å². The Hall–Kier alpha value is -0.0800. The van der Waals surface area contributed by atoms with E-state index < -0.39 is 0 Å². The first kappa shape index (κ1) is 10.0. The molecule has 0 radical (unpaired) electrons. The van der Waals surface area contributed by atoms with Crippen molar-refractivity contribution in [2.75, 3.05) is 13.7 Å². The molecule has 1 aliphatic rings. The van der Waals surface area contributed by atoms with E-state index in [1.54, 1.807) is 7.11 Å². The Labute approximate surface area is 74.9 Å². The molecule has 0 aromatic heterocycles. The number of hydrogen-bond acceptors (Lipinski definition) is 2. The zero-order valence-electron chi connectivity index (χ0n) is 8.18. The van der Waals surface area contributed by atoms with Crippen LogP contribution in [-0.4, -0.2) is 24.9 Å². The van der Waals surface area contributed by atoms with Gasteiger partial charge in [-0.25, -0.2) is 0 Å². The normalized spacial score (nSPS) is 24.2. The minimum Gasteiger partial charge on any atom is -0.390 e. The molecular weight excluding hydrogens is 152 g/mol. The van der Waals surface area contributed by atoms with Crippen LogP contribution in [0.15, 0.2) is 0 Å². The lowest BCUT2D eigenvalue weighted by Crippen LogP contribution is -2.35. The molecule has 1 unspecified atom stereocenters. The molecule has 2 nitrogen and oxygen atoms in total. The van der Waals surface area contributed by atoms with Crippen LogP contribution in [0.1, 0.15) is 39.0 Å². The molecule has 0 aliphatic heterocycles. The Morgan fingerprint density at radius 1 is 1.42 bits per heavy atom. The molecule has 1 fully saturated rings. The zero-order valence-corrected chi connectivity index (χ0v) is 8.18. The van der Waals surface area contributed by atoms with Crippen molar-refractivity contribution in [1.82, 2.24) is 0 Å². The molecule has 1 N–H and O–H groups in total. The summed E-state index contributed by atoms with van der Waals surface area (Å²) in [5.41, 5.74) is 0.177. The molecule has 1 atom stereocenters. The molecule has 1 rings (SSSR count). The smallest absolute Gasteiger partial charge is 0.0829 e. The van der Waals surface area contributed by atoms with Gasteiger partial charge in [0.25, 0.3) is 0 Å². The highest BCUT2D eigenvalue weighted by Gasteiger charge is 2.38. The number of hydrogen-bond donors (Lipinski definition) is 1. The molecule has 0 amide bonds. The number of rotatable bonds is 4. The fourth-order valence-electron chi connectivity index (χ4n) is 2.34. The lowest BCUT2D eigenvalue weighted by Gasteiger charge is -2.32. The molecule has 12 heavy (non-hydrogen) atoms. The molecular formula is C10H20O2. The summed E-state index contributed by atoms with van der Waals surface area (Å²) >= 11 is 0. The quantitative estimate of drug-likeness (QED) is 0.702. The second kappa shape index (κ2) is 4.24. The molecule has 0 spiro atoms. The van der Waals surface area contributed by atoms with E-state index in [4.69, 9.17) is 4.74 Å². The lowest BCUT2D eigenvalue weighted by molar-refractivity contribution is -0.0289. The summed E-state index contributed by atoms with van der Waals surface area (Å²) in [6.45, 7) is 2.66. The molecule has 72 valence electrons. The summed E-state index contributed by atoms with van der Waals surface area (Å²) in [7, 11) is 1.65. The third-order valence-electron chi connectivity index (χ3n) is 3.33. The Morgan fingerprint density at radius 2 is 2.00 bits per heavy atom. The Morgan fingerprint density at radius 3 is 2.42 bits per heavy atom. The minimum absolute atomic E-state index is 0.177. The van der Waals surface area contributed by atoms with Crippen molar-refractivity contribution < 1.29 is 9.84 Å². The van der Waals surface area contributed by atoms with Gasteiger partial charge in [-0.2, -0.15) is 0 Å². The van der Waals surface area contributed by atoms with E-state index >= 15 is 0 Å². The minimum atomic E-state index is -0.255. The highest BCUT2D eigenvalue weighted by atomic mass is 16.5.